The Balaban J connectivity index is 1.75. The second-order valence-corrected chi connectivity index (χ2v) is 6.21. The summed E-state index contributed by atoms with van der Waals surface area (Å²) in [6.45, 7) is 9.42. The van der Waals surface area contributed by atoms with Crippen LogP contribution in [-0.2, 0) is 4.74 Å². The molecule has 2 fully saturated rings. The summed E-state index contributed by atoms with van der Waals surface area (Å²) >= 11 is 0. The van der Waals surface area contributed by atoms with Gasteiger partial charge in [0.2, 0.25) is 0 Å². The van der Waals surface area contributed by atoms with Crippen molar-refractivity contribution in [1.82, 2.24) is 10.2 Å². The predicted octanol–water partition coefficient (Wildman–Crippen LogP) is 2.27. The number of nitrogens with zero attached hydrogens (tertiary/aromatic N) is 1. The van der Waals surface area contributed by atoms with E-state index >= 15 is 0 Å². The van der Waals surface area contributed by atoms with Crippen molar-refractivity contribution in [2.24, 2.45) is 5.92 Å². The van der Waals surface area contributed by atoms with Crippen molar-refractivity contribution in [3.8, 4) is 0 Å². The van der Waals surface area contributed by atoms with Crippen LogP contribution in [0.2, 0.25) is 0 Å². The van der Waals surface area contributed by atoms with Gasteiger partial charge < -0.3 is 15.0 Å². The Kier molecular flexibility index (Phi) is 5.05. The maximum atomic E-state index is 5.68. The fourth-order valence-corrected chi connectivity index (χ4v) is 3.32. The topological polar surface area (TPSA) is 24.5 Å². The molecule has 0 spiro atoms. The highest BCUT2D eigenvalue weighted by atomic mass is 16.5. The second-order valence-electron chi connectivity index (χ2n) is 6.21. The lowest BCUT2D eigenvalue weighted by Crippen LogP contribution is -2.52. The largest absolute Gasteiger partial charge is 0.377 e. The van der Waals surface area contributed by atoms with E-state index in [-0.39, 0.29) is 5.60 Å². The Bertz CT molecular complexity index is 247. The van der Waals surface area contributed by atoms with E-state index < -0.39 is 0 Å². The van der Waals surface area contributed by atoms with Gasteiger partial charge in [-0.15, -0.1) is 0 Å². The highest BCUT2D eigenvalue weighted by molar-refractivity contribution is 4.93. The summed E-state index contributed by atoms with van der Waals surface area (Å²) in [7, 11) is 1.87. The first kappa shape index (κ1) is 14.3. The number of methoxy groups -OCH3 is 1. The van der Waals surface area contributed by atoms with Crippen molar-refractivity contribution in [1.29, 1.82) is 0 Å². The number of likely N-dealkylation sites (tertiary alicyclic amines) is 1. The monoisotopic (exact) mass is 254 g/mol. The van der Waals surface area contributed by atoms with Crippen LogP contribution in [0.1, 0.15) is 46.0 Å². The van der Waals surface area contributed by atoms with E-state index in [4.69, 9.17) is 4.74 Å². The molecule has 0 aromatic rings. The molecular weight excluding hydrogens is 224 g/mol. The van der Waals surface area contributed by atoms with Gasteiger partial charge in [0.05, 0.1) is 5.60 Å². The van der Waals surface area contributed by atoms with Gasteiger partial charge in [0, 0.05) is 26.2 Å². The zero-order valence-corrected chi connectivity index (χ0v) is 12.4. The minimum atomic E-state index is 0.160. The van der Waals surface area contributed by atoms with E-state index in [9.17, 15) is 0 Å². The molecule has 0 amide bonds. The quantitative estimate of drug-likeness (QED) is 0.787. The van der Waals surface area contributed by atoms with E-state index in [1.807, 2.05) is 7.11 Å². The normalized spacial score (nSPS) is 29.8. The minimum Gasteiger partial charge on any atom is -0.377 e. The van der Waals surface area contributed by atoms with Crippen LogP contribution in [0.4, 0.5) is 0 Å². The first-order valence-electron chi connectivity index (χ1n) is 7.70. The van der Waals surface area contributed by atoms with Crippen molar-refractivity contribution < 1.29 is 4.74 Å². The van der Waals surface area contributed by atoms with Gasteiger partial charge in [-0.05, 0) is 58.0 Å². The summed E-state index contributed by atoms with van der Waals surface area (Å²) in [6, 6.07) is 0.618. The fourth-order valence-electron chi connectivity index (χ4n) is 3.32. The van der Waals surface area contributed by atoms with E-state index in [1.165, 1.54) is 51.7 Å². The van der Waals surface area contributed by atoms with E-state index in [0.717, 1.165) is 12.5 Å². The van der Waals surface area contributed by atoms with Gasteiger partial charge in [0.25, 0.3) is 0 Å². The number of hydrogen-bond acceptors (Lipinski definition) is 3. The van der Waals surface area contributed by atoms with Gasteiger partial charge >= 0.3 is 0 Å². The lowest BCUT2D eigenvalue weighted by atomic mass is 9.79. The molecule has 0 aromatic carbocycles. The van der Waals surface area contributed by atoms with Crippen LogP contribution in [0.3, 0.4) is 0 Å². The molecule has 1 saturated carbocycles. The predicted molar refractivity (Wildman–Crippen MR) is 75.9 cm³/mol. The first-order valence-corrected chi connectivity index (χ1v) is 7.70. The maximum Gasteiger partial charge on any atom is 0.0802 e. The molecule has 0 aromatic heterocycles. The molecule has 0 radical (unpaired) electrons. The van der Waals surface area contributed by atoms with Crippen LogP contribution in [0.25, 0.3) is 0 Å². The zero-order valence-electron chi connectivity index (χ0n) is 12.4. The van der Waals surface area contributed by atoms with Crippen molar-refractivity contribution in [3.05, 3.63) is 0 Å². The number of hydrogen-bond donors (Lipinski definition) is 1. The molecule has 1 N–H and O–H groups in total. The molecule has 3 nitrogen and oxygen atoms in total. The van der Waals surface area contributed by atoms with Gasteiger partial charge in [0.15, 0.2) is 0 Å². The lowest BCUT2D eigenvalue weighted by Gasteiger charge is -2.43. The van der Waals surface area contributed by atoms with Crippen LogP contribution in [0.15, 0.2) is 0 Å². The van der Waals surface area contributed by atoms with E-state index in [1.54, 1.807) is 0 Å². The third kappa shape index (κ3) is 3.25. The molecule has 3 heteroatoms. The Hall–Kier alpha value is -0.120. The van der Waals surface area contributed by atoms with Crippen molar-refractivity contribution in [3.63, 3.8) is 0 Å². The third-order valence-electron chi connectivity index (χ3n) is 5.14. The fraction of sp³-hybridized carbons (Fsp3) is 1.00. The number of nitrogens with one attached hydrogen (secondary N) is 1. The molecule has 2 unspecified atom stereocenters. The highest BCUT2D eigenvalue weighted by Crippen LogP contribution is 2.34. The zero-order chi connectivity index (χ0) is 13.0. The average molecular weight is 254 g/mol. The molecule has 18 heavy (non-hydrogen) atoms. The van der Waals surface area contributed by atoms with Crippen molar-refractivity contribution in [2.75, 3.05) is 33.3 Å². The summed E-state index contributed by atoms with van der Waals surface area (Å²) in [6.07, 6.45) is 6.53. The van der Waals surface area contributed by atoms with Gasteiger partial charge in [0.1, 0.15) is 0 Å². The standard InChI is InChI=1S/C15H30N2O/c1-4-17-10-5-7-14(11-17)13(2)16-12-15(18-3)8-6-9-15/h13-14,16H,4-12H2,1-3H3. The van der Waals surface area contributed by atoms with Crippen molar-refractivity contribution >= 4 is 0 Å². The van der Waals surface area contributed by atoms with Gasteiger partial charge in [-0.25, -0.2) is 0 Å². The average Bonchev–Trinajstić information content (AvgIpc) is 2.38. The number of piperidine rings is 1. The molecule has 1 aliphatic heterocycles. The van der Waals surface area contributed by atoms with Crippen LogP contribution >= 0.6 is 0 Å². The Morgan fingerprint density at radius 1 is 1.39 bits per heavy atom. The van der Waals surface area contributed by atoms with Crippen LogP contribution in [-0.4, -0.2) is 49.8 Å². The molecule has 106 valence electrons. The number of rotatable bonds is 6. The SMILES string of the molecule is CCN1CCCC(C(C)NCC2(OC)CCC2)C1. The first-order chi connectivity index (χ1) is 8.69. The Labute approximate surface area is 112 Å². The van der Waals surface area contributed by atoms with E-state index in [0.29, 0.717) is 6.04 Å². The minimum absolute atomic E-state index is 0.160. The summed E-state index contributed by atoms with van der Waals surface area (Å²) in [5.74, 6) is 0.813. The highest BCUT2D eigenvalue weighted by Gasteiger charge is 2.37. The lowest BCUT2D eigenvalue weighted by molar-refractivity contribution is -0.0719. The summed E-state index contributed by atoms with van der Waals surface area (Å²) in [5, 5.41) is 3.74. The molecule has 1 aliphatic carbocycles. The molecular formula is C15H30N2O. The Morgan fingerprint density at radius 3 is 2.72 bits per heavy atom. The smallest absolute Gasteiger partial charge is 0.0802 e. The van der Waals surface area contributed by atoms with E-state index in [2.05, 4.69) is 24.1 Å². The van der Waals surface area contributed by atoms with Gasteiger partial charge in [-0.1, -0.05) is 6.92 Å². The molecule has 2 rings (SSSR count). The molecule has 0 bridgehead atoms. The van der Waals surface area contributed by atoms with Crippen molar-refractivity contribution in [2.45, 2.75) is 57.6 Å². The summed E-state index contributed by atoms with van der Waals surface area (Å²) in [4.78, 5) is 2.59. The second kappa shape index (κ2) is 6.36. The van der Waals surface area contributed by atoms with Crippen LogP contribution in [0.5, 0.6) is 0 Å². The molecule has 2 atom stereocenters. The van der Waals surface area contributed by atoms with Crippen LogP contribution in [0, 0.1) is 5.92 Å². The maximum absolute atomic E-state index is 5.68. The van der Waals surface area contributed by atoms with Gasteiger partial charge in [-0.2, -0.15) is 0 Å². The summed E-state index contributed by atoms with van der Waals surface area (Å²) in [5.41, 5.74) is 0.160. The molecule has 1 saturated heterocycles. The van der Waals surface area contributed by atoms with Gasteiger partial charge in [-0.3, -0.25) is 0 Å². The third-order valence-corrected chi connectivity index (χ3v) is 5.14. The Morgan fingerprint density at radius 2 is 2.17 bits per heavy atom. The van der Waals surface area contributed by atoms with Crippen LogP contribution < -0.4 is 5.32 Å². The summed E-state index contributed by atoms with van der Waals surface area (Å²) < 4.78 is 5.68. The number of ether oxygens (including phenoxy) is 1. The molecule has 2 aliphatic rings. The molecule has 1 heterocycles.